The predicted octanol–water partition coefficient (Wildman–Crippen LogP) is 1.16. The van der Waals surface area contributed by atoms with Gasteiger partial charge in [-0.25, -0.2) is 0 Å². The lowest BCUT2D eigenvalue weighted by Gasteiger charge is -2.29. The molecule has 6 heteroatoms. The van der Waals surface area contributed by atoms with Crippen molar-refractivity contribution in [3.8, 4) is 0 Å². The number of carbonyl (C=O) groups excluding carboxylic acids is 1. The van der Waals surface area contributed by atoms with Crippen LogP contribution in [0.1, 0.15) is 20.3 Å². The van der Waals surface area contributed by atoms with Crippen LogP contribution in [-0.4, -0.2) is 41.7 Å². The van der Waals surface area contributed by atoms with Crippen LogP contribution in [0, 0.1) is 11.8 Å². The van der Waals surface area contributed by atoms with Crippen LogP contribution < -0.4 is 0 Å². The van der Waals surface area contributed by atoms with Crippen molar-refractivity contribution < 1.29 is 9.90 Å². The third-order valence-corrected chi connectivity index (χ3v) is 3.00. The van der Waals surface area contributed by atoms with Gasteiger partial charge in [0, 0.05) is 24.4 Å². The minimum Gasteiger partial charge on any atom is -0.394 e. The van der Waals surface area contributed by atoms with Crippen molar-refractivity contribution in [2.45, 2.75) is 26.3 Å². The van der Waals surface area contributed by atoms with E-state index >= 15 is 0 Å². The Kier molecular flexibility index (Phi) is 4.58. The highest BCUT2D eigenvalue weighted by atomic mass is 16.3. The minimum absolute atomic E-state index is 0.0162. The molecule has 0 spiro atoms. The molecule has 16 heavy (non-hydrogen) atoms. The van der Waals surface area contributed by atoms with Crippen LogP contribution in [-0.2, 0) is 4.79 Å². The summed E-state index contributed by atoms with van der Waals surface area (Å²) in [7, 11) is 0. The fourth-order valence-corrected chi connectivity index (χ4v) is 2.07. The van der Waals surface area contributed by atoms with Gasteiger partial charge in [-0.1, -0.05) is 19.0 Å². The molecule has 1 heterocycles. The third kappa shape index (κ3) is 2.87. The van der Waals surface area contributed by atoms with Crippen LogP contribution in [0.4, 0.5) is 0 Å². The van der Waals surface area contributed by atoms with Gasteiger partial charge in [0.1, 0.15) is 0 Å². The molecule has 0 aromatic heterocycles. The quantitative estimate of drug-likeness (QED) is 0.433. The van der Waals surface area contributed by atoms with Crippen molar-refractivity contribution in [3.63, 3.8) is 0 Å². The van der Waals surface area contributed by atoms with E-state index in [1.807, 2.05) is 13.8 Å². The molecule has 1 aliphatic heterocycles. The molecule has 1 fully saturated rings. The summed E-state index contributed by atoms with van der Waals surface area (Å²) in [6.45, 7) is 4.89. The lowest BCUT2D eigenvalue weighted by molar-refractivity contribution is -0.131. The number of azide groups is 1. The average molecular weight is 226 g/mol. The highest BCUT2D eigenvalue weighted by molar-refractivity contribution is 5.79. The number of carbonyl (C=O) groups is 1. The lowest BCUT2D eigenvalue weighted by atomic mass is 10.0. The maximum Gasteiger partial charge on any atom is 0.223 e. The van der Waals surface area contributed by atoms with Crippen molar-refractivity contribution in [2.75, 3.05) is 19.7 Å². The summed E-state index contributed by atoms with van der Waals surface area (Å²) in [6.07, 6.45) is 0.419. The number of aliphatic hydroxyl groups excluding tert-OH is 1. The summed E-state index contributed by atoms with van der Waals surface area (Å²) in [5, 5.41) is 12.8. The van der Waals surface area contributed by atoms with Crippen LogP contribution >= 0.6 is 0 Å². The Morgan fingerprint density at radius 3 is 2.88 bits per heavy atom. The molecule has 1 rings (SSSR count). The van der Waals surface area contributed by atoms with Crippen LogP contribution in [0.25, 0.3) is 10.4 Å². The zero-order valence-electron chi connectivity index (χ0n) is 9.70. The Labute approximate surface area is 94.9 Å². The van der Waals surface area contributed by atoms with Gasteiger partial charge in [-0.05, 0) is 17.4 Å². The van der Waals surface area contributed by atoms with Crippen molar-refractivity contribution in [1.82, 2.24) is 4.90 Å². The second-order valence-corrected chi connectivity index (χ2v) is 4.52. The predicted molar refractivity (Wildman–Crippen MR) is 59.5 cm³/mol. The molecule has 0 aromatic rings. The molecule has 0 saturated carbocycles. The van der Waals surface area contributed by atoms with E-state index in [0.29, 0.717) is 19.5 Å². The summed E-state index contributed by atoms with van der Waals surface area (Å²) >= 11 is 0. The van der Waals surface area contributed by atoms with Gasteiger partial charge in [0.25, 0.3) is 0 Å². The Hall–Kier alpha value is -1.26. The molecular formula is C10H18N4O2. The van der Waals surface area contributed by atoms with Gasteiger partial charge in [-0.2, -0.15) is 0 Å². The first kappa shape index (κ1) is 12.8. The zero-order chi connectivity index (χ0) is 12.1. The molecule has 0 radical (unpaired) electrons. The van der Waals surface area contributed by atoms with Crippen LogP contribution in [0.3, 0.4) is 0 Å². The maximum absolute atomic E-state index is 11.7. The molecule has 1 aliphatic rings. The molecule has 1 amide bonds. The van der Waals surface area contributed by atoms with Gasteiger partial charge in [-0.3, -0.25) is 4.79 Å². The fourth-order valence-electron chi connectivity index (χ4n) is 2.07. The molecule has 0 aromatic carbocycles. The summed E-state index contributed by atoms with van der Waals surface area (Å²) in [6, 6.07) is -0.122. The van der Waals surface area contributed by atoms with E-state index in [1.165, 1.54) is 0 Å². The monoisotopic (exact) mass is 226 g/mol. The summed E-state index contributed by atoms with van der Waals surface area (Å²) < 4.78 is 0. The second kappa shape index (κ2) is 5.72. The van der Waals surface area contributed by atoms with Crippen molar-refractivity contribution >= 4 is 5.91 Å². The zero-order valence-corrected chi connectivity index (χ0v) is 9.70. The Morgan fingerprint density at radius 1 is 1.69 bits per heavy atom. The number of amides is 1. The Balaban J connectivity index is 2.62. The molecule has 0 aliphatic carbocycles. The molecular weight excluding hydrogens is 208 g/mol. The van der Waals surface area contributed by atoms with Gasteiger partial charge >= 0.3 is 0 Å². The summed E-state index contributed by atoms with van der Waals surface area (Å²) in [5.74, 6) is 0.370. The van der Waals surface area contributed by atoms with E-state index in [-0.39, 0.29) is 30.4 Å². The minimum atomic E-state index is -0.122. The van der Waals surface area contributed by atoms with Gasteiger partial charge in [0.2, 0.25) is 5.91 Å². The van der Waals surface area contributed by atoms with Crippen molar-refractivity contribution in [1.29, 1.82) is 0 Å². The van der Waals surface area contributed by atoms with Crippen LogP contribution in [0.2, 0.25) is 0 Å². The number of nitrogens with zero attached hydrogens (tertiary/aromatic N) is 4. The van der Waals surface area contributed by atoms with Crippen molar-refractivity contribution in [2.24, 2.45) is 17.0 Å². The summed E-state index contributed by atoms with van der Waals surface area (Å²) in [4.78, 5) is 16.1. The summed E-state index contributed by atoms with van der Waals surface area (Å²) in [5.41, 5.74) is 8.22. The Bertz CT molecular complexity index is 299. The second-order valence-electron chi connectivity index (χ2n) is 4.52. The standard InChI is InChI=1S/C10H18N4O2/c1-7(2)9(6-15)14-5-8(3-10(14)16)4-12-13-11/h7-9,15H,3-6H2,1-2H3/t8?,9-/m1/s1. The normalized spacial score (nSPS) is 22.4. The van der Waals surface area contributed by atoms with Gasteiger partial charge < -0.3 is 10.0 Å². The molecule has 1 N–H and O–H groups in total. The number of hydrogen-bond donors (Lipinski definition) is 1. The number of aliphatic hydroxyl groups is 1. The molecule has 90 valence electrons. The number of likely N-dealkylation sites (tertiary alicyclic amines) is 1. The number of rotatable bonds is 5. The lowest BCUT2D eigenvalue weighted by Crippen LogP contribution is -2.42. The maximum atomic E-state index is 11.7. The highest BCUT2D eigenvalue weighted by Crippen LogP contribution is 2.23. The van der Waals surface area contributed by atoms with Gasteiger partial charge in [-0.15, -0.1) is 0 Å². The van der Waals surface area contributed by atoms with E-state index in [4.69, 9.17) is 5.53 Å². The van der Waals surface area contributed by atoms with E-state index < -0.39 is 0 Å². The number of hydrogen-bond acceptors (Lipinski definition) is 3. The van der Waals surface area contributed by atoms with Crippen LogP contribution in [0.15, 0.2) is 5.11 Å². The van der Waals surface area contributed by atoms with E-state index in [0.717, 1.165) is 0 Å². The first-order valence-corrected chi connectivity index (χ1v) is 5.51. The van der Waals surface area contributed by atoms with E-state index in [9.17, 15) is 9.90 Å². The van der Waals surface area contributed by atoms with Crippen LogP contribution in [0.5, 0.6) is 0 Å². The average Bonchev–Trinajstić information content (AvgIpc) is 2.58. The molecule has 0 bridgehead atoms. The Morgan fingerprint density at radius 2 is 2.38 bits per heavy atom. The van der Waals surface area contributed by atoms with Crippen molar-refractivity contribution in [3.05, 3.63) is 10.4 Å². The van der Waals surface area contributed by atoms with E-state index in [1.54, 1.807) is 4.90 Å². The molecule has 1 unspecified atom stereocenters. The van der Waals surface area contributed by atoms with Gasteiger partial charge in [0.15, 0.2) is 0 Å². The first-order chi connectivity index (χ1) is 7.60. The molecule has 1 saturated heterocycles. The smallest absolute Gasteiger partial charge is 0.223 e. The fraction of sp³-hybridized carbons (Fsp3) is 0.900. The molecule has 2 atom stereocenters. The van der Waals surface area contributed by atoms with E-state index in [2.05, 4.69) is 10.0 Å². The first-order valence-electron chi connectivity index (χ1n) is 5.51. The third-order valence-electron chi connectivity index (χ3n) is 3.00. The topological polar surface area (TPSA) is 89.3 Å². The SMILES string of the molecule is CC(C)[C@@H](CO)N1CC(CN=[N+]=[N-])CC1=O. The van der Waals surface area contributed by atoms with Gasteiger partial charge in [0.05, 0.1) is 12.6 Å². The largest absolute Gasteiger partial charge is 0.394 e. The highest BCUT2D eigenvalue weighted by Gasteiger charge is 2.34. The molecule has 6 nitrogen and oxygen atoms in total.